The Balaban J connectivity index is 2.32. The van der Waals surface area contributed by atoms with Gasteiger partial charge >= 0.3 is 5.97 Å². The summed E-state index contributed by atoms with van der Waals surface area (Å²) in [5, 5.41) is 9.42. The Morgan fingerprint density at radius 1 is 1.39 bits per heavy atom. The fourth-order valence-electron chi connectivity index (χ4n) is 2.46. The van der Waals surface area contributed by atoms with E-state index in [1.165, 1.54) is 0 Å². The van der Waals surface area contributed by atoms with Gasteiger partial charge in [-0.15, -0.1) is 0 Å². The number of carbonyl (C=O) groups excluding carboxylic acids is 1. The quantitative estimate of drug-likeness (QED) is 0.886. The number of hydrogen-bond acceptors (Lipinski definition) is 3. The maximum Gasteiger partial charge on any atom is 0.314 e. The molecule has 2 rings (SSSR count). The molecule has 0 saturated heterocycles. The molecule has 1 N–H and O–H groups in total. The number of hydrogen-bond donors (Lipinski definition) is 1. The first-order chi connectivity index (χ1) is 8.58. The number of ether oxygens (including phenoxy) is 1. The predicted octanol–water partition coefficient (Wildman–Crippen LogP) is 2.16. The Labute approximate surface area is 106 Å². The van der Waals surface area contributed by atoms with Crippen LogP contribution in [0.3, 0.4) is 0 Å². The van der Waals surface area contributed by atoms with Crippen LogP contribution in [0.5, 0.6) is 5.75 Å². The van der Waals surface area contributed by atoms with Crippen molar-refractivity contribution in [2.75, 3.05) is 6.61 Å². The molecule has 1 saturated carbocycles. The number of carboxylic acids is 1. The first-order valence-electron chi connectivity index (χ1n) is 6.07. The standard InChI is InChI=1S/C14H16O4/c1-2-18-12-5-3-10(4-6-12)14(13(16)17)8-7-11(15)9-14/h3-6H,2,7-9H2,1H3,(H,16,17). The molecule has 0 heterocycles. The van der Waals surface area contributed by atoms with Crippen molar-refractivity contribution in [3.05, 3.63) is 29.8 Å². The molecule has 0 radical (unpaired) electrons. The second kappa shape index (κ2) is 4.80. The lowest BCUT2D eigenvalue weighted by Crippen LogP contribution is -2.33. The van der Waals surface area contributed by atoms with Crippen LogP contribution in [-0.4, -0.2) is 23.5 Å². The van der Waals surface area contributed by atoms with Gasteiger partial charge < -0.3 is 9.84 Å². The van der Waals surface area contributed by atoms with Gasteiger partial charge in [-0.1, -0.05) is 12.1 Å². The van der Waals surface area contributed by atoms with Crippen molar-refractivity contribution in [2.45, 2.75) is 31.6 Å². The summed E-state index contributed by atoms with van der Waals surface area (Å²) in [6, 6.07) is 7.01. The van der Waals surface area contributed by atoms with Gasteiger partial charge in [-0.2, -0.15) is 0 Å². The van der Waals surface area contributed by atoms with Crippen LogP contribution in [0, 0.1) is 0 Å². The van der Waals surface area contributed by atoms with E-state index in [1.807, 2.05) is 6.92 Å². The zero-order valence-electron chi connectivity index (χ0n) is 10.3. The minimum atomic E-state index is -1.04. The first kappa shape index (κ1) is 12.6. The number of Topliss-reactive ketones (excluding diaryl/α,β-unsaturated/α-hetero) is 1. The Hall–Kier alpha value is -1.84. The predicted molar refractivity (Wildman–Crippen MR) is 65.8 cm³/mol. The van der Waals surface area contributed by atoms with Gasteiger partial charge in [0.2, 0.25) is 0 Å². The van der Waals surface area contributed by atoms with Crippen LogP contribution < -0.4 is 4.74 Å². The molecule has 0 aliphatic heterocycles. The fraction of sp³-hybridized carbons (Fsp3) is 0.429. The summed E-state index contributed by atoms with van der Waals surface area (Å²) < 4.78 is 5.32. The molecule has 1 aromatic rings. The summed E-state index contributed by atoms with van der Waals surface area (Å²) in [5.74, 6) is -0.185. The van der Waals surface area contributed by atoms with Gasteiger partial charge in [0, 0.05) is 12.8 Å². The van der Waals surface area contributed by atoms with Crippen molar-refractivity contribution in [3.8, 4) is 5.75 Å². The fourth-order valence-corrected chi connectivity index (χ4v) is 2.46. The largest absolute Gasteiger partial charge is 0.494 e. The van der Waals surface area contributed by atoms with E-state index < -0.39 is 11.4 Å². The van der Waals surface area contributed by atoms with E-state index in [-0.39, 0.29) is 12.2 Å². The lowest BCUT2D eigenvalue weighted by molar-refractivity contribution is -0.144. The zero-order valence-corrected chi connectivity index (χ0v) is 10.3. The molecule has 1 aliphatic carbocycles. The van der Waals surface area contributed by atoms with Crippen LogP contribution >= 0.6 is 0 Å². The highest BCUT2D eigenvalue weighted by Crippen LogP contribution is 2.40. The molecule has 4 nitrogen and oxygen atoms in total. The molecule has 1 unspecified atom stereocenters. The van der Waals surface area contributed by atoms with Crippen molar-refractivity contribution in [1.29, 1.82) is 0 Å². The van der Waals surface area contributed by atoms with Crippen LogP contribution in [0.4, 0.5) is 0 Å². The Kier molecular flexibility index (Phi) is 3.36. The SMILES string of the molecule is CCOc1ccc(C2(C(=O)O)CCC(=O)C2)cc1. The van der Waals surface area contributed by atoms with E-state index in [0.717, 1.165) is 0 Å². The van der Waals surface area contributed by atoms with E-state index >= 15 is 0 Å². The van der Waals surface area contributed by atoms with Crippen LogP contribution in [0.25, 0.3) is 0 Å². The van der Waals surface area contributed by atoms with E-state index in [0.29, 0.717) is 30.8 Å². The highest BCUT2D eigenvalue weighted by atomic mass is 16.5. The van der Waals surface area contributed by atoms with Crippen molar-refractivity contribution in [2.24, 2.45) is 0 Å². The van der Waals surface area contributed by atoms with Gasteiger partial charge in [-0.3, -0.25) is 9.59 Å². The number of benzene rings is 1. The third kappa shape index (κ3) is 2.10. The Morgan fingerprint density at radius 3 is 2.50 bits per heavy atom. The summed E-state index contributed by atoms with van der Waals surface area (Å²) >= 11 is 0. The molecular weight excluding hydrogens is 232 g/mol. The topological polar surface area (TPSA) is 63.6 Å². The molecule has 0 aromatic heterocycles. The molecule has 0 bridgehead atoms. The number of aliphatic carboxylic acids is 1. The van der Waals surface area contributed by atoms with Crippen molar-refractivity contribution < 1.29 is 19.4 Å². The molecule has 0 spiro atoms. The normalized spacial score (nSPS) is 23.1. The molecule has 96 valence electrons. The second-order valence-electron chi connectivity index (χ2n) is 4.56. The van der Waals surface area contributed by atoms with E-state index in [1.54, 1.807) is 24.3 Å². The monoisotopic (exact) mass is 248 g/mol. The van der Waals surface area contributed by atoms with Crippen LogP contribution in [-0.2, 0) is 15.0 Å². The maximum absolute atomic E-state index is 11.5. The van der Waals surface area contributed by atoms with E-state index in [9.17, 15) is 14.7 Å². The van der Waals surface area contributed by atoms with Gasteiger partial charge in [0.25, 0.3) is 0 Å². The first-order valence-corrected chi connectivity index (χ1v) is 6.07. The second-order valence-corrected chi connectivity index (χ2v) is 4.56. The van der Waals surface area contributed by atoms with Crippen molar-refractivity contribution in [1.82, 2.24) is 0 Å². The smallest absolute Gasteiger partial charge is 0.314 e. The molecule has 1 atom stereocenters. The Bertz CT molecular complexity index is 463. The lowest BCUT2D eigenvalue weighted by atomic mass is 9.79. The van der Waals surface area contributed by atoms with Crippen LogP contribution in [0.15, 0.2) is 24.3 Å². The van der Waals surface area contributed by atoms with Gasteiger partial charge in [0.15, 0.2) is 0 Å². The highest BCUT2D eigenvalue weighted by molar-refractivity contribution is 5.94. The molecule has 4 heteroatoms. The molecular formula is C14H16O4. The zero-order chi connectivity index (χ0) is 13.2. The molecule has 0 amide bonds. The maximum atomic E-state index is 11.5. The molecule has 18 heavy (non-hydrogen) atoms. The van der Waals surface area contributed by atoms with Gasteiger partial charge in [0.1, 0.15) is 11.5 Å². The molecule has 1 aliphatic rings. The minimum absolute atomic E-state index is 0.0197. The van der Waals surface area contributed by atoms with Crippen LogP contribution in [0.2, 0.25) is 0 Å². The third-order valence-corrected chi connectivity index (χ3v) is 3.46. The summed E-state index contributed by atoms with van der Waals surface area (Å²) in [6.45, 7) is 2.46. The number of carboxylic acid groups (broad SMARTS) is 1. The van der Waals surface area contributed by atoms with Crippen molar-refractivity contribution >= 4 is 11.8 Å². The summed E-state index contributed by atoms with van der Waals surface area (Å²) in [4.78, 5) is 22.9. The average Bonchev–Trinajstić information content (AvgIpc) is 2.74. The average molecular weight is 248 g/mol. The number of rotatable bonds is 4. The third-order valence-electron chi connectivity index (χ3n) is 3.46. The van der Waals surface area contributed by atoms with Gasteiger partial charge in [-0.05, 0) is 31.0 Å². The summed E-state index contributed by atoms with van der Waals surface area (Å²) in [6.07, 6.45) is 0.824. The van der Waals surface area contributed by atoms with Gasteiger partial charge in [0.05, 0.1) is 12.0 Å². The van der Waals surface area contributed by atoms with Crippen LogP contribution in [0.1, 0.15) is 31.7 Å². The van der Waals surface area contributed by atoms with Gasteiger partial charge in [-0.25, -0.2) is 0 Å². The highest BCUT2D eigenvalue weighted by Gasteiger charge is 2.46. The summed E-state index contributed by atoms with van der Waals surface area (Å²) in [5.41, 5.74) is -0.355. The number of ketones is 1. The molecule has 1 aromatic carbocycles. The van der Waals surface area contributed by atoms with Crippen molar-refractivity contribution in [3.63, 3.8) is 0 Å². The number of carbonyl (C=O) groups is 2. The Morgan fingerprint density at radius 2 is 2.06 bits per heavy atom. The van der Waals surface area contributed by atoms with E-state index in [2.05, 4.69) is 0 Å². The van der Waals surface area contributed by atoms with E-state index in [4.69, 9.17) is 4.74 Å². The summed E-state index contributed by atoms with van der Waals surface area (Å²) in [7, 11) is 0. The minimum Gasteiger partial charge on any atom is -0.494 e. The lowest BCUT2D eigenvalue weighted by Gasteiger charge is -2.23. The molecule has 1 fully saturated rings.